The van der Waals surface area contributed by atoms with Crippen LogP contribution in [0.1, 0.15) is 28.4 Å². The summed E-state index contributed by atoms with van der Waals surface area (Å²) in [5.74, 6) is 0.864. The molecule has 6 nitrogen and oxygen atoms in total. The molecule has 0 aliphatic rings. The van der Waals surface area contributed by atoms with Crippen molar-refractivity contribution in [2.75, 3.05) is 27.9 Å². The van der Waals surface area contributed by atoms with Crippen molar-refractivity contribution in [3.8, 4) is 17.2 Å². The highest BCUT2D eigenvalue weighted by Crippen LogP contribution is 2.39. The van der Waals surface area contributed by atoms with E-state index in [2.05, 4.69) is 5.32 Å². The molecule has 0 aliphatic heterocycles. The maximum atomic E-state index is 12.4. The van der Waals surface area contributed by atoms with Crippen molar-refractivity contribution >= 4 is 17.2 Å². The van der Waals surface area contributed by atoms with E-state index in [1.807, 2.05) is 16.8 Å². The third-order valence-electron chi connectivity index (χ3n) is 3.58. The molecular weight excluding hydrogens is 330 g/mol. The van der Waals surface area contributed by atoms with E-state index in [1.54, 1.807) is 12.1 Å². The van der Waals surface area contributed by atoms with Gasteiger partial charge in [0, 0.05) is 6.54 Å². The highest BCUT2D eigenvalue weighted by molar-refractivity contribution is 7.07. The minimum atomic E-state index is -0.594. The van der Waals surface area contributed by atoms with Crippen LogP contribution in [-0.2, 0) is 0 Å². The van der Waals surface area contributed by atoms with Gasteiger partial charge in [0.15, 0.2) is 11.5 Å². The second-order valence-electron chi connectivity index (χ2n) is 5.00. The molecule has 0 fully saturated rings. The molecule has 1 atom stereocenters. The maximum Gasteiger partial charge on any atom is 0.255 e. The molecule has 24 heavy (non-hydrogen) atoms. The molecule has 0 bridgehead atoms. The van der Waals surface area contributed by atoms with Crippen LogP contribution in [0.3, 0.4) is 0 Å². The molecular formula is C17H21NO5S. The molecule has 0 spiro atoms. The van der Waals surface area contributed by atoms with Crippen molar-refractivity contribution in [3.05, 3.63) is 40.1 Å². The number of ether oxygens (including phenoxy) is 3. The number of carbonyl (C=O) groups excluding carboxylic acids is 1. The molecule has 2 rings (SSSR count). The summed E-state index contributed by atoms with van der Waals surface area (Å²) in [5, 5.41) is 16.6. The van der Waals surface area contributed by atoms with Crippen LogP contribution >= 0.6 is 11.3 Å². The maximum absolute atomic E-state index is 12.4. The lowest BCUT2D eigenvalue weighted by molar-refractivity contribution is 0.0939. The van der Waals surface area contributed by atoms with Crippen LogP contribution in [-0.4, -0.2) is 38.9 Å². The van der Waals surface area contributed by atoms with Gasteiger partial charge in [0.1, 0.15) is 0 Å². The van der Waals surface area contributed by atoms with Crippen molar-refractivity contribution in [2.24, 2.45) is 0 Å². The number of aliphatic hydroxyl groups is 1. The van der Waals surface area contributed by atoms with Gasteiger partial charge >= 0.3 is 0 Å². The third kappa shape index (κ3) is 3.98. The van der Waals surface area contributed by atoms with Gasteiger partial charge in [-0.05, 0) is 40.9 Å². The lowest BCUT2D eigenvalue weighted by Crippen LogP contribution is -2.26. The Hall–Kier alpha value is -2.25. The molecule has 0 saturated carbocycles. The molecule has 2 N–H and O–H groups in total. The van der Waals surface area contributed by atoms with Gasteiger partial charge in [0.2, 0.25) is 5.75 Å². The summed E-state index contributed by atoms with van der Waals surface area (Å²) in [4.78, 5) is 12.4. The minimum Gasteiger partial charge on any atom is -0.493 e. The monoisotopic (exact) mass is 351 g/mol. The molecule has 7 heteroatoms. The number of methoxy groups -OCH3 is 3. The normalized spacial score (nSPS) is 11.7. The van der Waals surface area contributed by atoms with Gasteiger partial charge in [-0.3, -0.25) is 4.79 Å². The first-order valence-electron chi connectivity index (χ1n) is 7.39. The van der Waals surface area contributed by atoms with Crippen LogP contribution in [0.2, 0.25) is 0 Å². The summed E-state index contributed by atoms with van der Waals surface area (Å²) < 4.78 is 15.8. The first kappa shape index (κ1) is 18.1. The van der Waals surface area contributed by atoms with Gasteiger partial charge in [-0.1, -0.05) is 0 Å². The Morgan fingerprint density at radius 1 is 1.17 bits per heavy atom. The lowest BCUT2D eigenvalue weighted by Gasteiger charge is -2.16. The zero-order valence-corrected chi connectivity index (χ0v) is 14.7. The van der Waals surface area contributed by atoms with E-state index < -0.39 is 6.10 Å². The SMILES string of the molecule is COc1ccc(C(=O)NCCC(O)c2ccsc2)c(OC)c1OC. The first-order chi connectivity index (χ1) is 11.6. The number of thiophene rings is 1. The van der Waals surface area contributed by atoms with Crippen molar-refractivity contribution < 1.29 is 24.1 Å². The second kappa shape index (κ2) is 8.56. The number of hydrogen-bond donors (Lipinski definition) is 2. The van der Waals surface area contributed by atoms with Crippen molar-refractivity contribution in [1.29, 1.82) is 0 Å². The fraction of sp³-hybridized carbons (Fsp3) is 0.353. The van der Waals surface area contributed by atoms with Crippen LogP contribution in [0.15, 0.2) is 29.0 Å². The van der Waals surface area contributed by atoms with E-state index in [9.17, 15) is 9.90 Å². The molecule has 1 aromatic heterocycles. The van der Waals surface area contributed by atoms with Gasteiger partial charge in [0.25, 0.3) is 5.91 Å². The fourth-order valence-electron chi connectivity index (χ4n) is 2.33. The zero-order valence-electron chi connectivity index (χ0n) is 13.9. The van der Waals surface area contributed by atoms with E-state index in [-0.39, 0.29) is 5.91 Å². The number of benzene rings is 1. The van der Waals surface area contributed by atoms with Gasteiger partial charge in [-0.2, -0.15) is 11.3 Å². The minimum absolute atomic E-state index is 0.301. The molecule has 1 aromatic carbocycles. The Labute approximate surface area is 145 Å². The van der Waals surface area contributed by atoms with Crippen molar-refractivity contribution in [3.63, 3.8) is 0 Å². The largest absolute Gasteiger partial charge is 0.493 e. The van der Waals surface area contributed by atoms with E-state index in [4.69, 9.17) is 14.2 Å². The number of carbonyl (C=O) groups is 1. The Kier molecular flexibility index (Phi) is 6.45. The number of hydrogen-bond acceptors (Lipinski definition) is 6. The van der Waals surface area contributed by atoms with Crippen LogP contribution < -0.4 is 19.5 Å². The zero-order chi connectivity index (χ0) is 17.5. The molecule has 130 valence electrons. The Morgan fingerprint density at radius 2 is 1.92 bits per heavy atom. The number of nitrogens with one attached hydrogen (secondary N) is 1. The number of aliphatic hydroxyl groups excluding tert-OH is 1. The summed E-state index contributed by atoms with van der Waals surface area (Å²) >= 11 is 1.53. The van der Waals surface area contributed by atoms with Gasteiger partial charge in [-0.25, -0.2) is 0 Å². The summed E-state index contributed by atoms with van der Waals surface area (Å²) in [5.41, 5.74) is 1.21. The summed E-state index contributed by atoms with van der Waals surface area (Å²) in [6.45, 7) is 0.341. The topological polar surface area (TPSA) is 77.0 Å². The van der Waals surface area contributed by atoms with E-state index >= 15 is 0 Å². The highest BCUT2D eigenvalue weighted by Gasteiger charge is 2.20. The number of amides is 1. The lowest BCUT2D eigenvalue weighted by atomic mass is 10.1. The highest BCUT2D eigenvalue weighted by atomic mass is 32.1. The number of rotatable bonds is 8. The molecule has 1 amide bonds. The fourth-order valence-corrected chi connectivity index (χ4v) is 3.04. The predicted octanol–water partition coefficient (Wildman–Crippen LogP) is 2.63. The van der Waals surface area contributed by atoms with Crippen molar-refractivity contribution in [2.45, 2.75) is 12.5 Å². The molecule has 1 heterocycles. The molecule has 0 aliphatic carbocycles. The quantitative estimate of drug-likeness (QED) is 0.764. The Bertz CT molecular complexity index is 672. The van der Waals surface area contributed by atoms with Gasteiger partial charge < -0.3 is 24.6 Å². The van der Waals surface area contributed by atoms with E-state index in [1.165, 1.54) is 32.7 Å². The molecule has 2 aromatic rings. The smallest absolute Gasteiger partial charge is 0.255 e. The van der Waals surface area contributed by atoms with Crippen molar-refractivity contribution in [1.82, 2.24) is 5.32 Å². The standard InChI is InChI=1S/C17H21NO5S/c1-21-14-5-4-12(15(22-2)16(14)23-3)17(20)18-8-6-13(19)11-7-9-24-10-11/h4-5,7,9-10,13,19H,6,8H2,1-3H3,(H,18,20). The summed E-state index contributed by atoms with van der Waals surface area (Å²) in [6.07, 6.45) is -0.165. The van der Waals surface area contributed by atoms with Gasteiger partial charge in [0.05, 0.1) is 33.0 Å². The first-order valence-corrected chi connectivity index (χ1v) is 8.34. The molecule has 0 radical (unpaired) electrons. The van der Waals surface area contributed by atoms with Crippen LogP contribution in [0.25, 0.3) is 0 Å². The molecule has 0 saturated heterocycles. The average Bonchev–Trinajstić information content (AvgIpc) is 3.14. The predicted molar refractivity (Wildman–Crippen MR) is 92.3 cm³/mol. The van der Waals surface area contributed by atoms with Crippen LogP contribution in [0, 0.1) is 0 Å². The van der Waals surface area contributed by atoms with E-state index in [0.717, 1.165) is 5.56 Å². The molecule has 1 unspecified atom stereocenters. The third-order valence-corrected chi connectivity index (χ3v) is 4.28. The Balaban J connectivity index is 2.04. The van der Waals surface area contributed by atoms with Gasteiger partial charge in [-0.15, -0.1) is 0 Å². The summed E-state index contributed by atoms with van der Waals surface area (Å²) in [7, 11) is 4.47. The Morgan fingerprint density at radius 3 is 2.50 bits per heavy atom. The average molecular weight is 351 g/mol. The second-order valence-corrected chi connectivity index (χ2v) is 5.78. The van der Waals surface area contributed by atoms with Crippen LogP contribution in [0.4, 0.5) is 0 Å². The van der Waals surface area contributed by atoms with Crippen LogP contribution in [0.5, 0.6) is 17.2 Å². The van der Waals surface area contributed by atoms with E-state index in [0.29, 0.717) is 35.8 Å². The summed E-state index contributed by atoms with van der Waals surface area (Å²) in [6, 6.07) is 5.13.